The summed E-state index contributed by atoms with van der Waals surface area (Å²) in [5, 5.41) is 2.58. The van der Waals surface area contributed by atoms with Crippen LogP contribution in [-0.4, -0.2) is 14.1 Å². The Morgan fingerprint density at radius 3 is 1.98 bits per heavy atom. The molecule has 2 aromatic heterocycles. The molecule has 1 spiro atoms. The lowest BCUT2D eigenvalue weighted by molar-refractivity contribution is 0.690. The van der Waals surface area contributed by atoms with Crippen LogP contribution in [0.25, 0.3) is 66.7 Å². The molecule has 0 saturated carbocycles. The third kappa shape index (κ3) is 3.90. The highest BCUT2D eigenvalue weighted by atomic mass is 32.2. The molecule has 1 unspecified atom stereocenters. The summed E-state index contributed by atoms with van der Waals surface area (Å²) in [6.45, 7) is 0. The molecule has 3 nitrogen and oxygen atoms in total. The van der Waals surface area contributed by atoms with Crippen LogP contribution < -0.4 is 0 Å². The van der Waals surface area contributed by atoms with Gasteiger partial charge in [-0.25, -0.2) is 4.98 Å². The highest BCUT2D eigenvalue weighted by molar-refractivity contribution is 7.99. The number of benzene rings is 8. The van der Waals surface area contributed by atoms with E-state index in [9.17, 15) is 0 Å². The first-order valence-electron chi connectivity index (χ1n) is 18.5. The zero-order valence-electron chi connectivity index (χ0n) is 29.1. The summed E-state index contributed by atoms with van der Waals surface area (Å²) < 4.78 is 4.78. The van der Waals surface area contributed by atoms with Gasteiger partial charge in [0.2, 0.25) is 0 Å². The van der Waals surface area contributed by atoms with Gasteiger partial charge in [0.15, 0.2) is 0 Å². The van der Waals surface area contributed by atoms with Gasteiger partial charge >= 0.3 is 0 Å². The first kappa shape index (κ1) is 29.9. The molecule has 0 radical (unpaired) electrons. The predicted molar refractivity (Wildman–Crippen MR) is 222 cm³/mol. The van der Waals surface area contributed by atoms with E-state index in [1.165, 1.54) is 70.7 Å². The quantitative estimate of drug-likeness (QED) is 0.183. The van der Waals surface area contributed by atoms with E-state index < -0.39 is 5.41 Å². The molecule has 0 aliphatic carbocycles. The van der Waals surface area contributed by atoms with Gasteiger partial charge in [0.1, 0.15) is 5.82 Å². The molecule has 2 aliphatic heterocycles. The summed E-state index contributed by atoms with van der Waals surface area (Å²) in [5.74, 6) is 0.939. The number of fused-ring (bicyclic) bond motifs is 12. The molecule has 10 aromatic rings. The van der Waals surface area contributed by atoms with Crippen LogP contribution in [0.1, 0.15) is 22.3 Å². The standard InChI is InChI=1S/C50H31N3S/c1-2-14-34(15-3-1)52-45-26-10-7-23-42(45)51-49(52)33-30-28-32(29-31-33)35-17-12-22-41-48(35)54-46-27-11-6-20-39(46)50(41)38-19-5-9-25-44(38)53-43-24-8-4-16-36(43)37-18-13-21-40(50)47(37)53/h1-31H. The van der Waals surface area contributed by atoms with Crippen molar-refractivity contribution in [3.63, 3.8) is 0 Å². The van der Waals surface area contributed by atoms with Gasteiger partial charge in [-0.1, -0.05) is 157 Å². The van der Waals surface area contributed by atoms with Crippen molar-refractivity contribution in [3.05, 3.63) is 210 Å². The van der Waals surface area contributed by atoms with E-state index in [1.54, 1.807) is 0 Å². The minimum Gasteiger partial charge on any atom is -0.309 e. The molecule has 0 fully saturated rings. The molecule has 0 N–H and O–H groups in total. The van der Waals surface area contributed by atoms with Gasteiger partial charge in [-0.3, -0.25) is 4.57 Å². The lowest BCUT2D eigenvalue weighted by Gasteiger charge is -2.45. The van der Waals surface area contributed by atoms with E-state index in [1.807, 2.05) is 11.8 Å². The summed E-state index contributed by atoms with van der Waals surface area (Å²) in [7, 11) is 0. The van der Waals surface area contributed by atoms with E-state index in [4.69, 9.17) is 4.98 Å². The summed E-state index contributed by atoms with van der Waals surface area (Å²) in [4.78, 5) is 7.74. The Morgan fingerprint density at radius 1 is 0.444 bits per heavy atom. The van der Waals surface area contributed by atoms with Gasteiger partial charge in [-0.15, -0.1) is 0 Å². The molecule has 0 bridgehead atoms. The average molecular weight is 706 g/mol. The van der Waals surface area contributed by atoms with Crippen molar-refractivity contribution in [3.8, 4) is 33.9 Å². The van der Waals surface area contributed by atoms with Gasteiger partial charge in [0.25, 0.3) is 0 Å². The molecule has 2 aliphatic rings. The summed E-state index contributed by atoms with van der Waals surface area (Å²) in [5.41, 5.74) is 15.3. The molecule has 12 rings (SSSR count). The van der Waals surface area contributed by atoms with Crippen molar-refractivity contribution < 1.29 is 0 Å². The van der Waals surface area contributed by atoms with Crippen molar-refractivity contribution in [1.82, 2.24) is 14.1 Å². The van der Waals surface area contributed by atoms with Crippen LogP contribution in [0.2, 0.25) is 0 Å². The first-order chi connectivity index (χ1) is 26.8. The first-order valence-corrected chi connectivity index (χ1v) is 19.3. The molecule has 8 aromatic carbocycles. The van der Waals surface area contributed by atoms with Gasteiger partial charge in [0, 0.05) is 31.8 Å². The Hall–Kier alpha value is -6.62. The maximum atomic E-state index is 5.14. The number of hydrogen-bond acceptors (Lipinski definition) is 2. The summed E-state index contributed by atoms with van der Waals surface area (Å²) in [6, 6.07) is 68.9. The number of rotatable bonds is 3. The molecule has 54 heavy (non-hydrogen) atoms. The molecule has 4 heteroatoms. The largest absolute Gasteiger partial charge is 0.309 e. The maximum Gasteiger partial charge on any atom is 0.145 e. The van der Waals surface area contributed by atoms with E-state index in [0.717, 1.165) is 28.1 Å². The van der Waals surface area contributed by atoms with E-state index in [2.05, 4.69) is 197 Å². The Labute approximate surface area is 316 Å². The second-order valence-electron chi connectivity index (χ2n) is 14.3. The van der Waals surface area contributed by atoms with Crippen LogP contribution in [0.4, 0.5) is 0 Å². The van der Waals surface area contributed by atoms with E-state index >= 15 is 0 Å². The van der Waals surface area contributed by atoms with Gasteiger partial charge in [-0.2, -0.15) is 0 Å². The molecule has 0 saturated heterocycles. The number of aromatic nitrogens is 3. The second-order valence-corrected chi connectivity index (χ2v) is 15.3. The Morgan fingerprint density at radius 2 is 1.09 bits per heavy atom. The topological polar surface area (TPSA) is 22.8 Å². The summed E-state index contributed by atoms with van der Waals surface area (Å²) >= 11 is 1.90. The van der Waals surface area contributed by atoms with Crippen LogP contribution in [0, 0.1) is 0 Å². The normalized spacial score (nSPS) is 15.4. The van der Waals surface area contributed by atoms with Crippen molar-refractivity contribution in [2.24, 2.45) is 0 Å². The zero-order chi connectivity index (χ0) is 35.4. The third-order valence-corrected chi connectivity index (χ3v) is 12.8. The SMILES string of the molecule is c1ccc(-n2c(-c3ccc(-c4cccc5c4Sc4ccccc4C54c5ccccc5-n5c6ccccc6c6cccc4c65)cc3)nc3ccccc32)cc1. The van der Waals surface area contributed by atoms with E-state index in [-0.39, 0.29) is 0 Å². The molecular weight excluding hydrogens is 675 g/mol. The third-order valence-electron chi connectivity index (χ3n) is 11.6. The monoisotopic (exact) mass is 705 g/mol. The Kier molecular flexibility index (Phi) is 6.20. The van der Waals surface area contributed by atoms with Crippen LogP contribution in [0.15, 0.2) is 198 Å². The minimum absolute atomic E-state index is 0.506. The van der Waals surface area contributed by atoms with Crippen molar-refractivity contribution in [1.29, 1.82) is 0 Å². The molecule has 1 atom stereocenters. The van der Waals surface area contributed by atoms with Crippen LogP contribution in [0.3, 0.4) is 0 Å². The average Bonchev–Trinajstić information content (AvgIpc) is 3.80. The molecular formula is C50H31N3S. The van der Waals surface area contributed by atoms with Crippen LogP contribution in [-0.2, 0) is 5.41 Å². The van der Waals surface area contributed by atoms with Crippen molar-refractivity contribution >= 4 is 44.6 Å². The Balaban J connectivity index is 1.10. The fourth-order valence-electron chi connectivity index (χ4n) is 9.43. The zero-order valence-corrected chi connectivity index (χ0v) is 30.0. The van der Waals surface area contributed by atoms with Gasteiger partial charge in [0.05, 0.1) is 33.2 Å². The highest BCUT2D eigenvalue weighted by Crippen LogP contribution is 2.61. The lowest BCUT2D eigenvalue weighted by Crippen LogP contribution is -2.37. The predicted octanol–water partition coefficient (Wildman–Crippen LogP) is 12.6. The van der Waals surface area contributed by atoms with Crippen molar-refractivity contribution in [2.45, 2.75) is 15.2 Å². The Bertz CT molecular complexity index is 3130. The molecule has 252 valence electrons. The fourth-order valence-corrected chi connectivity index (χ4v) is 10.8. The van der Waals surface area contributed by atoms with Crippen molar-refractivity contribution in [2.75, 3.05) is 0 Å². The minimum atomic E-state index is -0.506. The fraction of sp³-hybridized carbons (Fsp3) is 0.0200. The number of imidazole rings is 1. The van der Waals surface area contributed by atoms with Gasteiger partial charge < -0.3 is 4.57 Å². The molecule has 4 heterocycles. The van der Waals surface area contributed by atoms with Gasteiger partial charge in [-0.05, 0) is 75.8 Å². The molecule has 0 amide bonds. The van der Waals surface area contributed by atoms with Crippen LogP contribution >= 0.6 is 11.8 Å². The number of hydrogen-bond donors (Lipinski definition) is 0. The van der Waals surface area contributed by atoms with E-state index in [0.29, 0.717) is 0 Å². The lowest BCUT2D eigenvalue weighted by atomic mass is 9.62. The summed E-state index contributed by atoms with van der Waals surface area (Å²) in [6.07, 6.45) is 0. The number of nitrogens with zero attached hydrogens (tertiary/aromatic N) is 3. The second kappa shape index (κ2) is 11.2. The maximum absolute atomic E-state index is 5.14. The number of para-hydroxylation sites is 6. The smallest absolute Gasteiger partial charge is 0.145 e. The van der Waals surface area contributed by atoms with Crippen LogP contribution in [0.5, 0.6) is 0 Å². The highest BCUT2D eigenvalue weighted by Gasteiger charge is 2.49.